The molecule has 0 aromatic carbocycles. The normalized spacial score (nSPS) is 10.9. The van der Waals surface area contributed by atoms with E-state index in [2.05, 4.69) is 10.6 Å². The number of nitrogens with zero attached hydrogens (tertiary/aromatic N) is 2. The molecule has 0 saturated carbocycles. The zero-order valence-electron chi connectivity index (χ0n) is 12.5. The molecule has 0 spiro atoms. The summed E-state index contributed by atoms with van der Waals surface area (Å²) in [7, 11) is 3.71. The van der Waals surface area contributed by atoms with Crippen LogP contribution in [0.5, 0.6) is 0 Å². The van der Waals surface area contributed by atoms with E-state index < -0.39 is 17.9 Å². The van der Waals surface area contributed by atoms with Crippen LogP contribution in [-0.2, 0) is 9.59 Å². The van der Waals surface area contributed by atoms with Gasteiger partial charge >= 0.3 is 12.0 Å². The van der Waals surface area contributed by atoms with Gasteiger partial charge in [0.05, 0.1) is 13.1 Å². The van der Waals surface area contributed by atoms with Crippen molar-refractivity contribution in [3.8, 4) is 0 Å². The first-order valence-corrected chi connectivity index (χ1v) is 6.40. The molecule has 0 aromatic heterocycles. The van der Waals surface area contributed by atoms with Crippen molar-refractivity contribution in [1.82, 2.24) is 20.4 Å². The van der Waals surface area contributed by atoms with E-state index in [1.165, 1.54) is 4.90 Å². The molecule has 20 heavy (non-hydrogen) atoms. The second kappa shape index (κ2) is 9.27. The van der Waals surface area contributed by atoms with E-state index in [1.807, 2.05) is 19.0 Å². The molecule has 3 amide bonds. The summed E-state index contributed by atoms with van der Waals surface area (Å²) < 4.78 is 0. The number of imide groups is 1. The third kappa shape index (κ3) is 10.3. The smallest absolute Gasteiger partial charge is 0.321 e. The first kappa shape index (κ1) is 18.3. The van der Waals surface area contributed by atoms with Crippen molar-refractivity contribution in [1.29, 1.82) is 0 Å². The maximum atomic E-state index is 11.7. The quantitative estimate of drug-likeness (QED) is 0.539. The number of amides is 3. The van der Waals surface area contributed by atoms with Gasteiger partial charge in [0.25, 0.3) is 0 Å². The predicted octanol–water partition coefficient (Wildman–Crippen LogP) is -0.831. The lowest BCUT2D eigenvalue weighted by atomic mass is 10.4. The maximum absolute atomic E-state index is 11.7. The molecule has 0 aliphatic carbocycles. The van der Waals surface area contributed by atoms with E-state index in [-0.39, 0.29) is 19.1 Å². The average Bonchev–Trinajstić information content (AvgIpc) is 2.23. The third-order valence-corrected chi connectivity index (χ3v) is 2.26. The standard InChI is InChI=1S/C12H24N4O4/c1-9(2)13-12(20)14-10(17)7-16(8-11(18)19)6-5-15(3)4/h9H,5-8H2,1-4H3,(H,18,19)(H2,13,14,17,20). The van der Waals surface area contributed by atoms with E-state index in [0.717, 1.165) is 0 Å². The van der Waals surface area contributed by atoms with Crippen LogP contribution in [0.15, 0.2) is 0 Å². The van der Waals surface area contributed by atoms with E-state index in [4.69, 9.17) is 5.11 Å². The van der Waals surface area contributed by atoms with Crippen molar-refractivity contribution >= 4 is 17.9 Å². The van der Waals surface area contributed by atoms with Crippen molar-refractivity contribution in [2.75, 3.05) is 40.3 Å². The van der Waals surface area contributed by atoms with Crippen LogP contribution in [0, 0.1) is 0 Å². The number of likely N-dealkylation sites (N-methyl/N-ethyl adjacent to an activating group) is 1. The molecule has 0 rings (SSSR count). The Morgan fingerprint density at radius 3 is 2.15 bits per heavy atom. The van der Waals surface area contributed by atoms with Crippen molar-refractivity contribution < 1.29 is 19.5 Å². The van der Waals surface area contributed by atoms with Gasteiger partial charge in [-0.2, -0.15) is 0 Å². The summed E-state index contributed by atoms with van der Waals surface area (Å²) in [4.78, 5) is 37.1. The molecule has 0 unspecified atom stereocenters. The minimum absolute atomic E-state index is 0.0772. The monoisotopic (exact) mass is 288 g/mol. The summed E-state index contributed by atoms with van der Waals surface area (Å²) in [5.74, 6) is -1.54. The van der Waals surface area contributed by atoms with Crippen molar-refractivity contribution in [2.45, 2.75) is 19.9 Å². The van der Waals surface area contributed by atoms with Crippen LogP contribution in [0.2, 0.25) is 0 Å². The van der Waals surface area contributed by atoms with Crippen LogP contribution in [0.3, 0.4) is 0 Å². The van der Waals surface area contributed by atoms with Crippen molar-refractivity contribution in [3.05, 3.63) is 0 Å². The zero-order valence-corrected chi connectivity index (χ0v) is 12.5. The number of carboxylic acids is 1. The number of rotatable bonds is 8. The second-order valence-corrected chi connectivity index (χ2v) is 5.08. The van der Waals surface area contributed by atoms with Crippen LogP contribution in [0.25, 0.3) is 0 Å². The van der Waals surface area contributed by atoms with E-state index in [9.17, 15) is 14.4 Å². The fourth-order valence-corrected chi connectivity index (χ4v) is 1.41. The highest BCUT2D eigenvalue weighted by atomic mass is 16.4. The molecule has 0 radical (unpaired) electrons. The number of urea groups is 1. The van der Waals surface area contributed by atoms with E-state index >= 15 is 0 Å². The molecular formula is C12H24N4O4. The lowest BCUT2D eigenvalue weighted by Gasteiger charge is -2.21. The molecule has 116 valence electrons. The van der Waals surface area contributed by atoms with Gasteiger partial charge in [-0.3, -0.25) is 19.8 Å². The highest BCUT2D eigenvalue weighted by Crippen LogP contribution is 1.90. The molecule has 0 aliphatic rings. The van der Waals surface area contributed by atoms with Gasteiger partial charge in [-0.15, -0.1) is 0 Å². The number of hydrogen-bond donors (Lipinski definition) is 3. The van der Waals surface area contributed by atoms with Crippen molar-refractivity contribution in [3.63, 3.8) is 0 Å². The molecule has 3 N–H and O–H groups in total. The number of nitrogens with one attached hydrogen (secondary N) is 2. The highest BCUT2D eigenvalue weighted by Gasteiger charge is 2.16. The van der Waals surface area contributed by atoms with Gasteiger partial charge < -0.3 is 15.3 Å². The van der Waals surface area contributed by atoms with Crippen LogP contribution >= 0.6 is 0 Å². The van der Waals surface area contributed by atoms with Crippen LogP contribution in [0.4, 0.5) is 4.79 Å². The summed E-state index contributed by atoms with van der Waals surface area (Å²) >= 11 is 0. The second-order valence-electron chi connectivity index (χ2n) is 5.08. The number of carboxylic acid groups (broad SMARTS) is 1. The molecule has 0 aromatic rings. The molecule has 0 saturated heterocycles. The van der Waals surface area contributed by atoms with Gasteiger partial charge in [0.2, 0.25) is 5.91 Å². The van der Waals surface area contributed by atoms with Crippen molar-refractivity contribution in [2.24, 2.45) is 0 Å². The Kier molecular flexibility index (Phi) is 8.49. The van der Waals surface area contributed by atoms with Gasteiger partial charge in [-0.05, 0) is 27.9 Å². The van der Waals surface area contributed by atoms with Crippen LogP contribution < -0.4 is 10.6 Å². The third-order valence-electron chi connectivity index (χ3n) is 2.26. The first-order chi connectivity index (χ1) is 9.20. The van der Waals surface area contributed by atoms with Gasteiger partial charge in [0.1, 0.15) is 0 Å². The molecule has 8 nitrogen and oxygen atoms in total. The highest BCUT2D eigenvalue weighted by molar-refractivity contribution is 5.95. The minimum atomic E-state index is -1.01. The summed E-state index contributed by atoms with van der Waals surface area (Å²) in [6.45, 7) is 4.23. The van der Waals surface area contributed by atoms with E-state index in [1.54, 1.807) is 13.8 Å². The number of aliphatic carboxylic acids is 1. The summed E-state index contributed by atoms with van der Waals surface area (Å²) in [6.07, 6.45) is 0. The zero-order chi connectivity index (χ0) is 15.7. The Morgan fingerprint density at radius 2 is 1.70 bits per heavy atom. The number of hydrogen-bond acceptors (Lipinski definition) is 5. The van der Waals surface area contributed by atoms with Gasteiger partial charge in [0.15, 0.2) is 0 Å². The fourth-order valence-electron chi connectivity index (χ4n) is 1.41. The Morgan fingerprint density at radius 1 is 1.10 bits per heavy atom. The minimum Gasteiger partial charge on any atom is -0.480 e. The Balaban J connectivity index is 4.29. The first-order valence-electron chi connectivity index (χ1n) is 6.40. The molecule has 0 heterocycles. The molecule has 0 fully saturated rings. The van der Waals surface area contributed by atoms with Gasteiger partial charge in [-0.1, -0.05) is 0 Å². The largest absolute Gasteiger partial charge is 0.480 e. The topological polar surface area (TPSA) is 102 Å². The average molecular weight is 288 g/mol. The van der Waals surface area contributed by atoms with Crippen LogP contribution in [0.1, 0.15) is 13.8 Å². The fraction of sp³-hybridized carbons (Fsp3) is 0.750. The van der Waals surface area contributed by atoms with Crippen LogP contribution in [-0.4, -0.2) is 79.1 Å². The molecular weight excluding hydrogens is 264 g/mol. The lowest BCUT2D eigenvalue weighted by Crippen LogP contribution is -2.48. The molecule has 0 aliphatic heterocycles. The molecule has 0 atom stereocenters. The summed E-state index contributed by atoms with van der Waals surface area (Å²) in [5, 5.41) is 13.5. The lowest BCUT2D eigenvalue weighted by molar-refractivity contribution is -0.138. The Bertz CT molecular complexity index is 344. The number of carbonyl (C=O) groups excluding carboxylic acids is 2. The molecule has 0 bridgehead atoms. The van der Waals surface area contributed by atoms with Gasteiger partial charge in [-0.25, -0.2) is 4.79 Å². The number of carbonyl (C=O) groups is 3. The SMILES string of the molecule is CC(C)NC(=O)NC(=O)CN(CCN(C)C)CC(=O)O. The van der Waals surface area contributed by atoms with E-state index in [0.29, 0.717) is 13.1 Å². The summed E-state index contributed by atoms with van der Waals surface area (Å²) in [6, 6.07) is -0.653. The Hall–Kier alpha value is -1.67. The predicted molar refractivity (Wildman–Crippen MR) is 74.4 cm³/mol. The Labute approximate surface area is 119 Å². The molecule has 8 heteroatoms. The van der Waals surface area contributed by atoms with Gasteiger partial charge in [0, 0.05) is 19.1 Å². The maximum Gasteiger partial charge on any atom is 0.321 e. The summed E-state index contributed by atoms with van der Waals surface area (Å²) in [5.41, 5.74) is 0.